The average Bonchev–Trinajstić information content (AvgIpc) is 2.90. The van der Waals surface area contributed by atoms with E-state index >= 15 is 0 Å². The summed E-state index contributed by atoms with van der Waals surface area (Å²) in [6.45, 7) is 5.46. The lowest BCUT2D eigenvalue weighted by Crippen LogP contribution is -2.57. The van der Waals surface area contributed by atoms with Crippen LogP contribution in [-0.4, -0.2) is 51.7 Å². The zero-order valence-corrected chi connectivity index (χ0v) is 18.2. The summed E-state index contributed by atoms with van der Waals surface area (Å²) in [5.74, 6) is -2.55. The highest BCUT2D eigenvalue weighted by Crippen LogP contribution is 2.27. The second kappa shape index (κ2) is 8.33. The van der Waals surface area contributed by atoms with Gasteiger partial charge in [0.25, 0.3) is 17.7 Å². The van der Waals surface area contributed by atoms with Crippen molar-refractivity contribution in [3.8, 4) is 0 Å². The second-order valence-corrected chi connectivity index (χ2v) is 8.13. The van der Waals surface area contributed by atoms with E-state index in [9.17, 15) is 24.0 Å². The standard InChI is InChI=1S/C21H26N6O5/c1-4-5-10-25-16(28)14(15(22)23)17(29)27(20(25)32)13-8-6-12(7-9-13)11-26-19(31)24-18(30)21(26,2)3/h6-9H,4-5,10-11,22-23H2,1-3H3,(H,24,30,31). The molecule has 1 aromatic carbocycles. The first-order valence-electron chi connectivity index (χ1n) is 10.2. The minimum Gasteiger partial charge on any atom is -0.385 e. The molecule has 2 heterocycles. The molecule has 0 unspecified atom stereocenters. The first-order valence-corrected chi connectivity index (χ1v) is 10.2. The number of nitrogens with two attached hydrogens (primary N) is 2. The van der Waals surface area contributed by atoms with E-state index < -0.39 is 40.8 Å². The molecule has 2 fully saturated rings. The molecular formula is C21H26N6O5. The van der Waals surface area contributed by atoms with E-state index in [0.717, 1.165) is 16.2 Å². The van der Waals surface area contributed by atoms with Gasteiger partial charge in [-0.15, -0.1) is 0 Å². The van der Waals surface area contributed by atoms with E-state index in [4.69, 9.17) is 11.5 Å². The molecule has 5 N–H and O–H groups in total. The molecule has 0 radical (unpaired) electrons. The number of barbiturate groups is 1. The maximum Gasteiger partial charge on any atom is 0.338 e. The van der Waals surface area contributed by atoms with E-state index in [1.165, 1.54) is 17.0 Å². The first-order chi connectivity index (χ1) is 15.0. The fraction of sp³-hybridized carbons (Fsp3) is 0.381. The molecule has 0 spiro atoms. The van der Waals surface area contributed by atoms with Crippen LogP contribution in [-0.2, 0) is 20.9 Å². The van der Waals surface area contributed by atoms with Crippen molar-refractivity contribution in [2.24, 2.45) is 11.5 Å². The molecule has 0 bridgehead atoms. The molecule has 32 heavy (non-hydrogen) atoms. The fourth-order valence-corrected chi connectivity index (χ4v) is 3.52. The molecular weight excluding hydrogens is 416 g/mol. The number of carbonyl (C=O) groups is 5. The number of imide groups is 3. The van der Waals surface area contributed by atoms with Crippen molar-refractivity contribution in [1.29, 1.82) is 0 Å². The molecule has 2 saturated heterocycles. The zero-order chi connectivity index (χ0) is 23.8. The summed E-state index contributed by atoms with van der Waals surface area (Å²) in [6, 6.07) is 5.02. The topological polar surface area (TPSA) is 159 Å². The number of carbonyl (C=O) groups excluding carboxylic acids is 5. The number of nitrogens with one attached hydrogen (secondary N) is 1. The van der Waals surface area contributed by atoms with Gasteiger partial charge < -0.3 is 16.4 Å². The molecule has 7 amide bonds. The highest BCUT2D eigenvalue weighted by atomic mass is 16.2. The van der Waals surface area contributed by atoms with Gasteiger partial charge in [0.1, 0.15) is 16.9 Å². The minimum absolute atomic E-state index is 0.125. The van der Waals surface area contributed by atoms with Gasteiger partial charge in [-0.1, -0.05) is 25.5 Å². The van der Waals surface area contributed by atoms with Crippen LogP contribution in [0.25, 0.3) is 0 Å². The average molecular weight is 442 g/mol. The van der Waals surface area contributed by atoms with Crippen LogP contribution in [0.15, 0.2) is 35.7 Å². The molecule has 2 aliphatic heterocycles. The largest absolute Gasteiger partial charge is 0.385 e. The van der Waals surface area contributed by atoms with Crippen LogP contribution in [0, 0.1) is 0 Å². The van der Waals surface area contributed by atoms with Gasteiger partial charge in [-0.3, -0.25) is 24.6 Å². The van der Waals surface area contributed by atoms with Gasteiger partial charge >= 0.3 is 12.1 Å². The van der Waals surface area contributed by atoms with Gasteiger partial charge in [-0.2, -0.15) is 0 Å². The molecule has 3 rings (SSSR count). The maximum absolute atomic E-state index is 13.0. The van der Waals surface area contributed by atoms with Crippen LogP contribution >= 0.6 is 0 Å². The first kappa shape index (κ1) is 22.8. The lowest BCUT2D eigenvalue weighted by atomic mass is 10.0. The third kappa shape index (κ3) is 3.77. The fourth-order valence-electron chi connectivity index (χ4n) is 3.52. The Labute approximate surface area is 185 Å². The van der Waals surface area contributed by atoms with Crippen molar-refractivity contribution in [3.05, 3.63) is 41.2 Å². The molecule has 11 heteroatoms. The van der Waals surface area contributed by atoms with E-state index in [1.54, 1.807) is 26.0 Å². The number of hydrogen-bond donors (Lipinski definition) is 3. The predicted octanol–water partition coefficient (Wildman–Crippen LogP) is 0.741. The number of benzene rings is 1. The van der Waals surface area contributed by atoms with Crippen LogP contribution in [0.3, 0.4) is 0 Å². The molecule has 0 aliphatic carbocycles. The molecule has 2 aliphatic rings. The van der Waals surface area contributed by atoms with Gasteiger partial charge in [0.05, 0.1) is 5.69 Å². The van der Waals surface area contributed by atoms with Crippen LogP contribution in [0.5, 0.6) is 0 Å². The Morgan fingerprint density at radius 2 is 1.62 bits per heavy atom. The lowest BCUT2D eigenvalue weighted by Gasteiger charge is -2.34. The quantitative estimate of drug-likeness (QED) is 0.333. The summed E-state index contributed by atoms with van der Waals surface area (Å²) in [6.07, 6.45) is 1.29. The molecule has 0 atom stereocenters. The molecule has 1 aromatic rings. The van der Waals surface area contributed by atoms with Gasteiger partial charge in [0.15, 0.2) is 0 Å². The summed E-state index contributed by atoms with van der Waals surface area (Å²) in [4.78, 5) is 65.7. The lowest BCUT2D eigenvalue weighted by molar-refractivity contribution is -0.129. The van der Waals surface area contributed by atoms with Gasteiger partial charge in [-0.05, 0) is 38.0 Å². The van der Waals surface area contributed by atoms with Gasteiger partial charge in [0, 0.05) is 13.1 Å². The van der Waals surface area contributed by atoms with Crippen LogP contribution in [0.1, 0.15) is 39.2 Å². The summed E-state index contributed by atoms with van der Waals surface area (Å²) in [5.41, 5.74) is 10.6. The number of urea groups is 2. The minimum atomic E-state index is -1.01. The molecule has 170 valence electrons. The number of unbranched alkanes of at least 4 members (excludes halogenated alkanes) is 1. The summed E-state index contributed by atoms with van der Waals surface area (Å²) >= 11 is 0. The summed E-state index contributed by atoms with van der Waals surface area (Å²) in [5, 5.41) is 2.28. The van der Waals surface area contributed by atoms with E-state index in [1.807, 2.05) is 6.92 Å². The van der Waals surface area contributed by atoms with E-state index in [0.29, 0.717) is 12.0 Å². The Morgan fingerprint density at radius 1 is 1.00 bits per heavy atom. The SMILES string of the molecule is CCCCN1C(=O)C(=C(N)N)C(=O)N(c2ccc(CN3C(=O)NC(=O)C3(C)C)cc2)C1=O. The number of rotatable bonds is 6. The third-order valence-electron chi connectivity index (χ3n) is 5.55. The predicted molar refractivity (Wildman–Crippen MR) is 115 cm³/mol. The van der Waals surface area contributed by atoms with Gasteiger partial charge in [0.2, 0.25) is 0 Å². The highest BCUT2D eigenvalue weighted by molar-refractivity contribution is 6.37. The van der Waals surface area contributed by atoms with Crippen molar-refractivity contribution < 1.29 is 24.0 Å². The van der Waals surface area contributed by atoms with Crippen molar-refractivity contribution in [1.82, 2.24) is 15.1 Å². The Bertz CT molecular complexity index is 1030. The molecule has 11 nitrogen and oxygen atoms in total. The second-order valence-electron chi connectivity index (χ2n) is 8.13. The highest BCUT2D eigenvalue weighted by Gasteiger charge is 2.46. The molecule has 0 aromatic heterocycles. The zero-order valence-electron chi connectivity index (χ0n) is 18.2. The van der Waals surface area contributed by atoms with E-state index in [-0.39, 0.29) is 24.7 Å². The number of anilines is 1. The molecule has 0 saturated carbocycles. The Kier molecular flexibility index (Phi) is 5.93. The van der Waals surface area contributed by atoms with Crippen LogP contribution < -0.4 is 21.7 Å². The van der Waals surface area contributed by atoms with Crippen LogP contribution in [0.2, 0.25) is 0 Å². The smallest absolute Gasteiger partial charge is 0.338 e. The van der Waals surface area contributed by atoms with Crippen molar-refractivity contribution in [2.45, 2.75) is 45.7 Å². The van der Waals surface area contributed by atoms with Crippen molar-refractivity contribution in [3.63, 3.8) is 0 Å². The van der Waals surface area contributed by atoms with Gasteiger partial charge in [-0.25, -0.2) is 14.5 Å². The Morgan fingerprint density at radius 3 is 2.12 bits per heavy atom. The van der Waals surface area contributed by atoms with Crippen molar-refractivity contribution >= 4 is 35.5 Å². The number of nitrogens with zero attached hydrogens (tertiary/aromatic N) is 3. The maximum atomic E-state index is 13.0. The third-order valence-corrected chi connectivity index (χ3v) is 5.55. The van der Waals surface area contributed by atoms with Crippen molar-refractivity contribution in [2.75, 3.05) is 11.4 Å². The Balaban J connectivity index is 1.89. The Hall–Kier alpha value is -3.89. The number of hydrogen-bond acceptors (Lipinski definition) is 7. The normalized spacial score (nSPS) is 18.5. The number of amides is 7. The monoisotopic (exact) mass is 442 g/mol. The summed E-state index contributed by atoms with van der Waals surface area (Å²) in [7, 11) is 0. The van der Waals surface area contributed by atoms with Crippen LogP contribution in [0.4, 0.5) is 15.3 Å². The van der Waals surface area contributed by atoms with E-state index in [2.05, 4.69) is 5.32 Å². The summed E-state index contributed by atoms with van der Waals surface area (Å²) < 4.78 is 0.